The average Bonchev–Trinajstić information content (AvgIpc) is 2.70. The molecule has 0 saturated heterocycles. The van der Waals surface area contributed by atoms with Crippen molar-refractivity contribution < 1.29 is 20.1 Å². The highest BCUT2D eigenvalue weighted by Gasteiger charge is 2.40. The summed E-state index contributed by atoms with van der Waals surface area (Å²) < 4.78 is 0. The lowest BCUT2D eigenvalue weighted by Gasteiger charge is -2.26. The van der Waals surface area contributed by atoms with Crippen molar-refractivity contribution in [1.29, 1.82) is 0 Å². The lowest BCUT2D eigenvalue weighted by atomic mass is 9.84. The Hall–Kier alpha value is -1.39. The molecule has 1 aromatic carbocycles. The fraction of sp³-hybridized carbons (Fsp3) is 0.500. The first-order valence-electron chi connectivity index (χ1n) is 6.22. The van der Waals surface area contributed by atoms with Gasteiger partial charge >= 0.3 is 5.97 Å². The molecule has 0 radical (unpaired) electrons. The van der Waals surface area contributed by atoms with Crippen LogP contribution in [0.1, 0.15) is 30.9 Å². The fourth-order valence-electron chi connectivity index (χ4n) is 2.89. The van der Waals surface area contributed by atoms with Crippen LogP contribution in [0.4, 0.5) is 0 Å². The molecule has 0 bridgehead atoms. The van der Waals surface area contributed by atoms with Gasteiger partial charge in [-0.25, -0.2) is 0 Å². The van der Waals surface area contributed by atoms with Gasteiger partial charge in [-0.05, 0) is 24.3 Å². The normalized spacial score (nSPS) is 29.1. The Bertz CT molecular complexity index is 404. The van der Waals surface area contributed by atoms with Gasteiger partial charge in [0.15, 0.2) is 0 Å². The van der Waals surface area contributed by atoms with E-state index in [4.69, 9.17) is 5.11 Å². The predicted molar refractivity (Wildman–Crippen MR) is 65.9 cm³/mol. The molecule has 4 heteroatoms. The van der Waals surface area contributed by atoms with Crippen molar-refractivity contribution in [2.24, 2.45) is 11.8 Å². The van der Waals surface area contributed by atoms with Crippen molar-refractivity contribution in [2.45, 2.75) is 31.5 Å². The smallest absolute Gasteiger partial charge is 0.303 e. The zero-order chi connectivity index (χ0) is 13.1. The maximum Gasteiger partial charge on any atom is 0.303 e. The molecule has 1 aliphatic rings. The van der Waals surface area contributed by atoms with Crippen molar-refractivity contribution >= 4 is 5.97 Å². The molecule has 1 fully saturated rings. The number of hydrogen-bond donors (Lipinski definition) is 3. The van der Waals surface area contributed by atoms with E-state index in [9.17, 15) is 15.0 Å². The molecule has 18 heavy (non-hydrogen) atoms. The minimum absolute atomic E-state index is 0.00558. The van der Waals surface area contributed by atoms with Crippen LogP contribution < -0.4 is 0 Å². The van der Waals surface area contributed by atoms with Gasteiger partial charge in [0.1, 0.15) is 0 Å². The highest BCUT2D eigenvalue weighted by Crippen LogP contribution is 2.42. The Labute approximate surface area is 106 Å². The standard InChI is InChI=1S/C14H18O4/c15-11-7-6-10(8-12(16)17)13(11)14(18)9-4-2-1-3-5-9/h1-5,10-11,13-15,18H,6-8H2,(H,16,17). The number of benzene rings is 1. The Balaban J connectivity index is 2.16. The Kier molecular flexibility index (Phi) is 3.99. The van der Waals surface area contributed by atoms with Crippen LogP contribution in [0.5, 0.6) is 0 Å². The van der Waals surface area contributed by atoms with Crippen molar-refractivity contribution in [3.05, 3.63) is 35.9 Å². The first kappa shape index (κ1) is 13.1. The van der Waals surface area contributed by atoms with E-state index in [1.54, 1.807) is 12.1 Å². The Morgan fingerprint density at radius 1 is 1.28 bits per heavy atom. The van der Waals surface area contributed by atoms with Crippen LogP contribution in [0, 0.1) is 11.8 Å². The topological polar surface area (TPSA) is 77.8 Å². The summed E-state index contributed by atoms with van der Waals surface area (Å²) >= 11 is 0. The second kappa shape index (κ2) is 5.50. The van der Waals surface area contributed by atoms with Gasteiger partial charge in [-0.3, -0.25) is 4.79 Å². The fourth-order valence-corrected chi connectivity index (χ4v) is 2.89. The summed E-state index contributed by atoms with van der Waals surface area (Å²) in [5.41, 5.74) is 0.735. The average molecular weight is 250 g/mol. The number of aliphatic carboxylic acids is 1. The number of aliphatic hydroxyl groups is 2. The van der Waals surface area contributed by atoms with Crippen LogP contribution in [0.15, 0.2) is 30.3 Å². The van der Waals surface area contributed by atoms with Gasteiger partial charge in [-0.1, -0.05) is 30.3 Å². The number of rotatable bonds is 4. The van der Waals surface area contributed by atoms with Crippen LogP contribution in [0.25, 0.3) is 0 Å². The minimum atomic E-state index is -0.876. The molecule has 0 aliphatic heterocycles. The SMILES string of the molecule is O=C(O)CC1CCC(O)C1C(O)c1ccccc1. The van der Waals surface area contributed by atoms with Crippen LogP contribution in [0.2, 0.25) is 0 Å². The minimum Gasteiger partial charge on any atom is -0.481 e. The van der Waals surface area contributed by atoms with E-state index in [1.807, 2.05) is 18.2 Å². The first-order valence-corrected chi connectivity index (χ1v) is 6.22. The number of aliphatic hydroxyl groups excluding tert-OH is 2. The molecule has 4 unspecified atom stereocenters. The number of carbonyl (C=O) groups is 1. The van der Waals surface area contributed by atoms with E-state index in [0.717, 1.165) is 5.56 Å². The predicted octanol–water partition coefficient (Wildman–Crippen LogP) is 1.58. The summed E-state index contributed by atoms with van der Waals surface area (Å²) in [5, 5.41) is 29.1. The molecule has 4 nitrogen and oxygen atoms in total. The molecule has 4 atom stereocenters. The summed E-state index contributed by atoms with van der Waals surface area (Å²) in [6, 6.07) is 9.11. The molecule has 0 heterocycles. The molecule has 1 saturated carbocycles. The van der Waals surface area contributed by atoms with Gasteiger partial charge < -0.3 is 15.3 Å². The van der Waals surface area contributed by atoms with Crippen molar-refractivity contribution in [2.75, 3.05) is 0 Å². The maximum absolute atomic E-state index is 10.8. The molecule has 1 aromatic rings. The molecule has 1 aliphatic carbocycles. The second-order valence-electron chi connectivity index (χ2n) is 4.94. The van der Waals surface area contributed by atoms with Crippen molar-refractivity contribution in [1.82, 2.24) is 0 Å². The third-order valence-electron chi connectivity index (χ3n) is 3.76. The zero-order valence-electron chi connectivity index (χ0n) is 10.1. The van der Waals surface area contributed by atoms with Gasteiger partial charge in [0, 0.05) is 12.3 Å². The lowest BCUT2D eigenvalue weighted by molar-refractivity contribution is -0.139. The first-order chi connectivity index (χ1) is 8.59. The molecular formula is C14H18O4. The second-order valence-corrected chi connectivity index (χ2v) is 4.94. The van der Waals surface area contributed by atoms with E-state index in [0.29, 0.717) is 12.8 Å². The van der Waals surface area contributed by atoms with E-state index >= 15 is 0 Å². The van der Waals surface area contributed by atoms with E-state index in [1.165, 1.54) is 0 Å². The van der Waals surface area contributed by atoms with Gasteiger partial charge in [-0.15, -0.1) is 0 Å². The summed E-state index contributed by atoms with van der Waals surface area (Å²) in [4.78, 5) is 10.8. The van der Waals surface area contributed by atoms with Crippen LogP contribution in [-0.2, 0) is 4.79 Å². The summed E-state index contributed by atoms with van der Waals surface area (Å²) in [7, 11) is 0. The number of carboxylic acid groups (broad SMARTS) is 1. The quantitative estimate of drug-likeness (QED) is 0.758. The van der Waals surface area contributed by atoms with Crippen LogP contribution in [0.3, 0.4) is 0 Å². The largest absolute Gasteiger partial charge is 0.481 e. The van der Waals surface area contributed by atoms with Crippen molar-refractivity contribution in [3.63, 3.8) is 0 Å². The van der Waals surface area contributed by atoms with Gasteiger partial charge in [0.05, 0.1) is 12.2 Å². The van der Waals surface area contributed by atoms with E-state index < -0.39 is 18.2 Å². The summed E-state index contributed by atoms with van der Waals surface area (Å²) in [5.74, 6) is -1.42. The highest BCUT2D eigenvalue weighted by molar-refractivity contribution is 5.67. The monoisotopic (exact) mass is 250 g/mol. The molecule has 98 valence electrons. The third-order valence-corrected chi connectivity index (χ3v) is 3.76. The molecule has 0 amide bonds. The van der Waals surface area contributed by atoms with Gasteiger partial charge in [0.25, 0.3) is 0 Å². The van der Waals surface area contributed by atoms with Crippen LogP contribution >= 0.6 is 0 Å². The van der Waals surface area contributed by atoms with E-state index in [-0.39, 0.29) is 18.3 Å². The highest BCUT2D eigenvalue weighted by atomic mass is 16.4. The summed E-state index contributed by atoms with van der Waals surface area (Å²) in [6.45, 7) is 0. The third kappa shape index (κ3) is 2.71. The molecule has 0 aromatic heterocycles. The Morgan fingerprint density at radius 2 is 1.94 bits per heavy atom. The van der Waals surface area contributed by atoms with Gasteiger partial charge in [-0.2, -0.15) is 0 Å². The maximum atomic E-state index is 10.8. The van der Waals surface area contributed by atoms with Crippen LogP contribution in [-0.4, -0.2) is 27.4 Å². The lowest BCUT2D eigenvalue weighted by Crippen LogP contribution is -2.27. The zero-order valence-corrected chi connectivity index (χ0v) is 10.1. The number of carboxylic acids is 1. The number of hydrogen-bond acceptors (Lipinski definition) is 3. The van der Waals surface area contributed by atoms with E-state index in [2.05, 4.69) is 0 Å². The summed E-state index contributed by atoms with van der Waals surface area (Å²) in [6.07, 6.45) is -0.197. The molecule has 0 spiro atoms. The molecule has 3 N–H and O–H groups in total. The molecule has 2 rings (SSSR count). The van der Waals surface area contributed by atoms with Crippen molar-refractivity contribution in [3.8, 4) is 0 Å². The molecular weight excluding hydrogens is 232 g/mol. The van der Waals surface area contributed by atoms with Gasteiger partial charge in [0.2, 0.25) is 0 Å². The Morgan fingerprint density at radius 3 is 2.56 bits per heavy atom.